The van der Waals surface area contributed by atoms with Crippen molar-refractivity contribution in [1.82, 2.24) is 4.90 Å². The van der Waals surface area contributed by atoms with E-state index in [9.17, 15) is 9.59 Å². The lowest BCUT2D eigenvalue weighted by Crippen LogP contribution is -2.30. The van der Waals surface area contributed by atoms with Gasteiger partial charge in [-0.2, -0.15) is 0 Å². The first kappa shape index (κ1) is 14.9. The van der Waals surface area contributed by atoms with E-state index in [2.05, 4.69) is 22.6 Å². The van der Waals surface area contributed by atoms with Crippen molar-refractivity contribution in [2.45, 2.75) is 13.3 Å². The van der Waals surface area contributed by atoms with Gasteiger partial charge in [0.25, 0.3) is 5.91 Å². The topological polar surface area (TPSA) is 46.6 Å². The summed E-state index contributed by atoms with van der Waals surface area (Å²) < 4.78 is 5.73. The number of rotatable bonds is 5. The van der Waals surface area contributed by atoms with E-state index in [1.165, 1.54) is 4.90 Å². The number of carbonyl (C=O) groups is 2. The molecule has 0 spiro atoms. The average Bonchev–Trinajstić information content (AvgIpc) is 2.36. The molecule has 0 aliphatic rings. The summed E-state index contributed by atoms with van der Waals surface area (Å²) in [6, 6.07) is 7.38. The number of esters is 1. The van der Waals surface area contributed by atoms with Crippen LogP contribution in [-0.4, -0.2) is 37.0 Å². The smallest absolute Gasteiger partial charge is 0.307 e. The third-order valence-electron chi connectivity index (χ3n) is 2.41. The zero-order chi connectivity index (χ0) is 13.5. The van der Waals surface area contributed by atoms with Crippen molar-refractivity contribution in [3.8, 4) is 0 Å². The fraction of sp³-hybridized carbons (Fsp3) is 0.385. The first-order valence-electron chi connectivity index (χ1n) is 5.72. The number of nitrogens with zero attached hydrogens (tertiary/aromatic N) is 1. The fourth-order valence-corrected chi connectivity index (χ4v) is 2.05. The maximum Gasteiger partial charge on any atom is 0.307 e. The van der Waals surface area contributed by atoms with Crippen LogP contribution < -0.4 is 0 Å². The second-order valence-electron chi connectivity index (χ2n) is 3.76. The summed E-state index contributed by atoms with van der Waals surface area (Å²) in [6.45, 7) is 2.49. The number of amides is 1. The van der Waals surface area contributed by atoms with Crippen molar-refractivity contribution in [2.75, 3.05) is 20.2 Å². The van der Waals surface area contributed by atoms with Gasteiger partial charge in [0.15, 0.2) is 0 Å². The summed E-state index contributed by atoms with van der Waals surface area (Å²) in [5, 5.41) is 0. The molecule has 0 aromatic heterocycles. The summed E-state index contributed by atoms with van der Waals surface area (Å²) in [5.74, 6) is -0.357. The van der Waals surface area contributed by atoms with Gasteiger partial charge in [0, 0.05) is 17.2 Å². The van der Waals surface area contributed by atoms with Gasteiger partial charge < -0.3 is 9.64 Å². The van der Waals surface area contributed by atoms with Crippen molar-refractivity contribution in [2.24, 2.45) is 0 Å². The van der Waals surface area contributed by atoms with E-state index in [-0.39, 0.29) is 18.3 Å². The van der Waals surface area contributed by atoms with Crippen molar-refractivity contribution in [3.05, 3.63) is 33.4 Å². The second kappa shape index (κ2) is 7.35. The van der Waals surface area contributed by atoms with Gasteiger partial charge in [-0.1, -0.05) is 12.1 Å². The molecule has 0 heterocycles. The quantitative estimate of drug-likeness (QED) is 0.597. The molecule has 0 aliphatic carbocycles. The molecule has 0 saturated carbocycles. The minimum atomic E-state index is -0.278. The van der Waals surface area contributed by atoms with Gasteiger partial charge in [-0.05, 0) is 41.6 Å². The van der Waals surface area contributed by atoms with E-state index in [1.807, 2.05) is 18.2 Å². The van der Waals surface area contributed by atoms with E-state index in [0.29, 0.717) is 18.7 Å². The van der Waals surface area contributed by atoms with Gasteiger partial charge in [0.2, 0.25) is 0 Å². The Labute approximate surface area is 120 Å². The summed E-state index contributed by atoms with van der Waals surface area (Å²) >= 11 is 2.12. The zero-order valence-corrected chi connectivity index (χ0v) is 12.6. The standard InChI is InChI=1S/C13H16INO3/c1-3-18-12(16)8-9-15(2)13(17)10-6-4-5-7-11(10)14/h4-7H,3,8-9H2,1-2H3. The van der Waals surface area contributed by atoms with Gasteiger partial charge in [-0.25, -0.2) is 0 Å². The van der Waals surface area contributed by atoms with Crippen LogP contribution in [0.15, 0.2) is 24.3 Å². The van der Waals surface area contributed by atoms with Gasteiger partial charge >= 0.3 is 5.97 Å². The normalized spacial score (nSPS) is 9.94. The molecular formula is C13H16INO3. The third kappa shape index (κ3) is 4.29. The summed E-state index contributed by atoms with van der Waals surface area (Å²) in [5.41, 5.74) is 0.657. The molecule has 0 unspecified atom stereocenters. The molecule has 1 rings (SSSR count). The molecule has 0 atom stereocenters. The Morgan fingerprint density at radius 2 is 2.00 bits per heavy atom. The number of halogens is 1. The van der Waals surface area contributed by atoms with Crippen molar-refractivity contribution >= 4 is 34.5 Å². The van der Waals surface area contributed by atoms with Gasteiger partial charge in [0.05, 0.1) is 18.6 Å². The van der Waals surface area contributed by atoms with Crippen LogP contribution >= 0.6 is 22.6 Å². The van der Waals surface area contributed by atoms with E-state index in [0.717, 1.165) is 3.57 Å². The predicted molar refractivity (Wildman–Crippen MR) is 77.4 cm³/mol. The second-order valence-corrected chi connectivity index (χ2v) is 4.92. The number of hydrogen-bond acceptors (Lipinski definition) is 3. The van der Waals surface area contributed by atoms with Crippen LogP contribution in [0.5, 0.6) is 0 Å². The molecule has 1 aromatic rings. The Morgan fingerprint density at radius 3 is 2.61 bits per heavy atom. The molecule has 0 N–H and O–H groups in total. The highest BCUT2D eigenvalue weighted by atomic mass is 127. The summed E-state index contributed by atoms with van der Waals surface area (Å²) in [7, 11) is 1.69. The monoisotopic (exact) mass is 361 g/mol. The predicted octanol–water partition coefficient (Wildman–Crippen LogP) is 2.32. The Balaban J connectivity index is 2.57. The molecule has 5 heteroatoms. The molecule has 1 aromatic carbocycles. The first-order valence-corrected chi connectivity index (χ1v) is 6.79. The molecular weight excluding hydrogens is 345 g/mol. The Hall–Kier alpha value is -1.11. The molecule has 0 saturated heterocycles. The van der Waals surface area contributed by atoms with Gasteiger partial charge in [-0.3, -0.25) is 9.59 Å². The maximum atomic E-state index is 12.1. The Bertz CT molecular complexity index is 434. The minimum Gasteiger partial charge on any atom is -0.466 e. The molecule has 0 radical (unpaired) electrons. The van der Waals surface area contributed by atoms with Crippen LogP contribution in [0, 0.1) is 3.57 Å². The molecule has 18 heavy (non-hydrogen) atoms. The molecule has 0 aliphatic heterocycles. The third-order valence-corrected chi connectivity index (χ3v) is 3.35. The highest BCUT2D eigenvalue weighted by Gasteiger charge is 2.15. The lowest BCUT2D eigenvalue weighted by Gasteiger charge is -2.17. The van der Waals surface area contributed by atoms with Crippen LogP contribution in [0.2, 0.25) is 0 Å². The maximum absolute atomic E-state index is 12.1. The zero-order valence-electron chi connectivity index (χ0n) is 10.5. The number of benzene rings is 1. The van der Waals surface area contributed by atoms with Crippen molar-refractivity contribution in [3.63, 3.8) is 0 Å². The van der Waals surface area contributed by atoms with Crippen LogP contribution in [-0.2, 0) is 9.53 Å². The SMILES string of the molecule is CCOC(=O)CCN(C)C(=O)c1ccccc1I. The fourth-order valence-electron chi connectivity index (χ4n) is 1.43. The molecule has 98 valence electrons. The lowest BCUT2D eigenvalue weighted by atomic mass is 10.2. The van der Waals surface area contributed by atoms with Crippen LogP contribution in [0.4, 0.5) is 0 Å². The summed E-state index contributed by atoms with van der Waals surface area (Å²) in [4.78, 5) is 24.9. The number of carbonyl (C=O) groups excluding carboxylic acids is 2. The van der Waals surface area contributed by atoms with Gasteiger partial charge in [0.1, 0.15) is 0 Å². The number of hydrogen-bond donors (Lipinski definition) is 0. The van der Waals surface area contributed by atoms with E-state index < -0.39 is 0 Å². The van der Waals surface area contributed by atoms with Crippen LogP contribution in [0.1, 0.15) is 23.7 Å². The van der Waals surface area contributed by atoms with Crippen LogP contribution in [0.25, 0.3) is 0 Å². The van der Waals surface area contributed by atoms with E-state index in [1.54, 1.807) is 20.0 Å². The largest absolute Gasteiger partial charge is 0.466 e. The molecule has 1 amide bonds. The Morgan fingerprint density at radius 1 is 1.33 bits per heavy atom. The minimum absolute atomic E-state index is 0.0794. The number of ether oxygens (including phenoxy) is 1. The van der Waals surface area contributed by atoms with E-state index in [4.69, 9.17) is 4.74 Å². The average molecular weight is 361 g/mol. The van der Waals surface area contributed by atoms with Crippen molar-refractivity contribution in [1.29, 1.82) is 0 Å². The molecule has 0 bridgehead atoms. The Kier molecular flexibility index (Phi) is 6.11. The summed E-state index contributed by atoms with van der Waals surface area (Å²) in [6.07, 6.45) is 0.222. The molecule has 0 fully saturated rings. The first-order chi connectivity index (χ1) is 8.56. The lowest BCUT2D eigenvalue weighted by molar-refractivity contribution is -0.143. The van der Waals surface area contributed by atoms with Gasteiger partial charge in [-0.15, -0.1) is 0 Å². The van der Waals surface area contributed by atoms with E-state index >= 15 is 0 Å². The van der Waals surface area contributed by atoms with Crippen LogP contribution in [0.3, 0.4) is 0 Å². The molecule has 4 nitrogen and oxygen atoms in total. The van der Waals surface area contributed by atoms with Crippen molar-refractivity contribution < 1.29 is 14.3 Å². The highest BCUT2D eigenvalue weighted by molar-refractivity contribution is 14.1. The highest BCUT2D eigenvalue weighted by Crippen LogP contribution is 2.13.